The van der Waals surface area contributed by atoms with Gasteiger partial charge in [0.2, 0.25) is 15.9 Å². The van der Waals surface area contributed by atoms with Crippen molar-refractivity contribution >= 4 is 10.0 Å². The molecule has 0 amide bonds. The molecule has 0 aliphatic carbocycles. The van der Waals surface area contributed by atoms with Crippen LogP contribution in [0, 0.1) is 18.6 Å². The van der Waals surface area contributed by atoms with Crippen LogP contribution in [0.25, 0.3) is 0 Å². The molecular weight excluding hydrogens is 328 g/mol. The first-order valence-corrected chi connectivity index (χ1v) is 8.58. The first kappa shape index (κ1) is 16.0. The summed E-state index contributed by atoms with van der Waals surface area (Å²) in [7, 11) is -4.21. The number of aromatic nitrogens is 2. The van der Waals surface area contributed by atoms with Crippen LogP contribution in [0.4, 0.5) is 8.78 Å². The zero-order valence-electron chi connectivity index (χ0n) is 12.4. The van der Waals surface area contributed by atoms with Gasteiger partial charge in [0, 0.05) is 19.0 Å². The van der Waals surface area contributed by atoms with E-state index in [1.54, 1.807) is 6.92 Å². The van der Waals surface area contributed by atoms with Crippen molar-refractivity contribution in [3.05, 3.63) is 41.5 Å². The molecule has 0 atom stereocenters. The normalized spacial score (nSPS) is 17.5. The van der Waals surface area contributed by atoms with Gasteiger partial charge >= 0.3 is 0 Å². The largest absolute Gasteiger partial charge is 0.339 e. The van der Waals surface area contributed by atoms with Crippen LogP contribution in [0.2, 0.25) is 0 Å². The van der Waals surface area contributed by atoms with Gasteiger partial charge in [-0.25, -0.2) is 17.2 Å². The Morgan fingerprint density at radius 2 is 1.83 bits per heavy atom. The summed E-state index contributed by atoms with van der Waals surface area (Å²) in [6, 6.07) is 3.00. The molecule has 2 aromatic rings. The lowest BCUT2D eigenvalue weighted by Crippen LogP contribution is -2.38. The predicted octanol–water partition coefficient (Wildman–Crippen LogP) is 2.22. The van der Waals surface area contributed by atoms with E-state index in [1.807, 2.05) is 0 Å². The van der Waals surface area contributed by atoms with Gasteiger partial charge in [0.1, 0.15) is 11.6 Å². The van der Waals surface area contributed by atoms with Crippen LogP contribution in [-0.4, -0.2) is 36.0 Å². The van der Waals surface area contributed by atoms with Gasteiger partial charge in [-0.1, -0.05) is 11.2 Å². The van der Waals surface area contributed by atoms with Gasteiger partial charge < -0.3 is 4.52 Å². The van der Waals surface area contributed by atoms with E-state index in [4.69, 9.17) is 4.52 Å². The van der Waals surface area contributed by atoms with Crippen molar-refractivity contribution in [1.29, 1.82) is 0 Å². The fourth-order valence-corrected chi connectivity index (χ4v) is 4.26. The summed E-state index contributed by atoms with van der Waals surface area (Å²) in [4.78, 5) is 3.25. The Morgan fingerprint density at radius 3 is 2.35 bits per heavy atom. The summed E-state index contributed by atoms with van der Waals surface area (Å²) in [6.07, 6.45) is 0.911. The summed E-state index contributed by atoms with van der Waals surface area (Å²) >= 11 is 0. The van der Waals surface area contributed by atoms with Crippen LogP contribution in [0.15, 0.2) is 27.6 Å². The number of nitrogens with zero attached hydrogens (tertiary/aromatic N) is 3. The molecule has 124 valence electrons. The summed E-state index contributed by atoms with van der Waals surface area (Å²) < 4.78 is 58.7. The molecule has 0 bridgehead atoms. The second-order valence-electron chi connectivity index (χ2n) is 5.41. The lowest BCUT2D eigenvalue weighted by Gasteiger charge is -2.29. The highest BCUT2D eigenvalue weighted by atomic mass is 32.2. The smallest absolute Gasteiger partial charge is 0.248 e. The van der Waals surface area contributed by atoms with E-state index in [0.29, 0.717) is 24.6 Å². The van der Waals surface area contributed by atoms with Crippen molar-refractivity contribution in [3.63, 3.8) is 0 Å². The molecule has 0 N–H and O–H groups in total. The van der Waals surface area contributed by atoms with Gasteiger partial charge in [-0.3, -0.25) is 0 Å². The number of aryl methyl sites for hydroxylation is 1. The number of hydrogen-bond donors (Lipinski definition) is 0. The average Bonchev–Trinajstić information content (AvgIpc) is 2.93. The zero-order valence-corrected chi connectivity index (χ0v) is 13.2. The Morgan fingerprint density at radius 1 is 1.22 bits per heavy atom. The molecule has 1 saturated heterocycles. The molecule has 9 heteroatoms. The molecule has 1 fully saturated rings. The van der Waals surface area contributed by atoms with Gasteiger partial charge in [-0.15, -0.1) is 0 Å². The summed E-state index contributed by atoms with van der Waals surface area (Å²) in [5.74, 6) is -1.23. The molecule has 23 heavy (non-hydrogen) atoms. The van der Waals surface area contributed by atoms with E-state index in [9.17, 15) is 17.2 Å². The van der Waals surface area contributed by atoms with Crippen LogP contribution in [0.1, 0.15) is 30.5 Å². The van der Waals surface area contributed by atoms with Crippen LogP contribution < -0.4 is 0 Å². The van der Waals surface area contributed by atoms with E-state index in [0.717, 1.165) is 22.5 Å². The summed E-state index contributed by atoms with van der Waals surface area (Å²) in [6.45, 7) is 1.98. The average molecular weight is 343 g/mol. The molecule has 0 radical (unpaired) electrons. The number of sulfonamides is 1. The minimum Gasteiger partial charge on any atom is -0.339 e. The van der Waals surface area contributed by atoms with Gasteiger partial charge in [-0.2, -0.15) is 9.29 Å². The van der Waals surface area contributed by atoms with E-state index >= 15 is 0 Å². The Labute approximate surface area is 132 Å². The molecule has 0 spiro atoms. The number of hydrogen-bond acceptors (Lipinski definition) is 5. The standard InChI is InChI=1S/C14H15F2N3O3S/c1-9-17-14(22-18-9)10-5-7-19(8-6-10)23(20,21)13-11(15)3-2-4-12(13)16/h2-4,10H,5-8H2,1H3. The summed E-state index contributed by atoms with van der Waals surface area (Å²) in [5, 5.41) is 3.71. The number of halogens is 2. The Bertz CT molecular complexity index is 794. The highest BCUT2D eigenvalue weighted by molar-refractivity contribution is 7.89. The summed E-state index contributed by atoms with van der Waals surface area (Å²) in [5.41, 5.74) is 0. The van der Waals surface area contributed by atoms with Gasteiger partial charge in [-0.05, 0) is 31.9 Å². The van der Waals surface area contributed by atoms with Gasteiger partial charge in [0.15, 0.2) is 10.7 Å². The van der Waals surface area contributed by atoms with E-state index < -0.39 is 26.6 Å². The van der Waals surface area contributed by atoms with Crippen molar-refractivity contribution in [2.75, 3.05) is 13.1 Å². The first-order valence-electron chi connectivity index (χ1n) is 7.14. The molecule has 3 rings (SSSR count). The molecular formula is C14H15F2N3O3S. The lowest BCUT2D eigenvalue weighted by molar-refractivity contribution is 0.269. The monoisotopic (exact) mass is 343 g/mol. The van der Waals surface area contributed by atoms with Crippen LogP contribution in [-0.2, 0) is 10.0 Å². The third-order valence-electron chi connectivity index (χ3n) is 3.86. The third kappa shape index (κ3) is 2.98. The van der Waals surface area contributed by atoms with Crippen molar-refractivity contribution in [3.8, 4) is 0 Å². The van der Waals surface area contributed by atoms with Crippen LogP contribution in [0.5, 0.6) is 0 Å². The van der Waals surface area contributed by atoms with Crippen LogP contribution in [0.3, 0.4) is 0 Å². The molecule has 0 saturated carbocycles. The lowest BCUT2D eigenvalue weighted by atomic mass is 9.98. The van der Waals surface area contributed by atoms with E-state index in [2.05, 4.69) is 10.1 Å². The fraction of sp³-hybridized carbons (Fsp3) is 0.429. The minimum atomic E-state index is -4.21. The number of piperidine rings is 1. The van der Waals surface area contributed by atoms with Crippen LogP contribution >= 0.6 is 0 Å². The Hall–Kier alpha value is -1.87. The molecule has 1 aliphatic rings. The molecule has 1 aromatic carbocycles. The second-order valence-corrected chi connectivity index (χ2v) is 7.28. The minimum absolute atomic E-state index is 0.0480. The Kier molecular flexibility index (Phi) is 4.15. The maximum atomic E-state index is 13.8. The van der Waals surface area contributed by atoms with E-state index in [-0.39, 0.29) is 19.0 Å². The van der Waals surface area contributed by atoms with Crippen molar-refractivity contribution in [2.24, 2.45) is 0 Å². The second kappa shape index (κ2) is 5.97. The van der Waals surface area contributed by atoms with Crippen molar-refractivity contribution in [2.45, 2.75) is 30.6 Å². The molecule has 1 aliphatic heterocycles. The van der Waals surface area contributed by atoms with Crippen molar-refractivity contribution < 1.29 is 21.7 Å². The highest BCUT2D eigenvalue weighted by Gasteiger charge is 2.35. The molecule has 2 heterocycles. The predicted molar refractivity (Wildman–Crippen MR) is 76.1 cm³/mol. The van der Waals surface area contributed by atoms with Gasteiger partial charge in [0.05, 0.1) is 0 Å². The molecule has 1 aromatic heterocycles. The molecule has 0 unspecified atom stereocenters. The molecule has 6 nitrogen and oxygen atoms in total. The fourth-order valence-electron chi connectivity index (χ4n) is 2.68. The highest BCUT2D eigenvalue weighted by Crippen LogP contribution is 2.31. The maximum absolute atomic E-state index is 13.8. The number of rotatable bonds is 3. The quantitative estimate of drug-likeness (QED) is 0.854. The topological polar surface area (TPSA) is 76.3 Å². The Balaban J connectivity index is 1.79. The van der Waals surface area contributed by atoms with Crippen molar-refractivity contribution in [1.82, 2.24) is 14.4 Å². The number of benzene rings is 1. The van der Waals surface area contributed by atoms with Gasteiger partial charge in [0.25, 0.3) is 0 Å². The maximum Gasteiger partial charge on any atom is 0.248 e. The SMILES string of the molecule is Cc1noc(C2CCN(S(=O)(=O)c3c(F)cccc3F)CC2)n1. The third-order valence-corrected chi connectivity index (χ3v) is 5.81. The zero-order chi connectivity index (χ0) is 16.6. The van der Waals surface area contributed by atoms with E-state index in [1.165, 1.54) is 0 Å². The first-order chi connectivity index (χ1) is 10.9.